The number of aliphatic hydroxyl groups is 3. The number of carbonyl (C=O) groups is 1. The number of aryl methyl sites for hydroxylation is 1. The molecule has 54 heavy (non-hydrogen) atoms. The Labute approximate surface area is 312 Å². The Hall–Kier alpha value is -2.67. The van der Waals surface area contributed by atoms with Gasteiger partial charge in [0.2, 0.25) is 0 Å². The lowest BCUT2D eigenvalue weighted by molar-refractivity contribution is -0.357. The number of phenolic OH excluding ortho intramolecular Hbond substituents is 1. The van der Waals surface area contributed by atoms with Gasteiger partial charge in [-0.1, -0.05) is 0 Å². The molecule has 15 nitrogen and oxygen atoms in total. The molecule has 4 N–H and O–H groups in total. The third kappa shape index (κ3) is 5.17. The topological polar surface area (TPSA) is 194 Å². The van der Waals surface area contributed by atoms with E-state index in [-0.39, 0.29) is 49.6 Å². The number of carbonyl (C=O) groups excluding carboxylic acids is 1. The van der Waals surface area contributed by atoms with Crippen LogP contribution in [0.15, 0.2) is 6.07 Å². The molecule has 5 fully saturated rings. The van der Waals surface area contributed by atoms with Crippen LogP contribution in [-0.4, -0.2) is 125 Å². The zero-order chi connectivity index (χ0) is 38.3. The summed E-state index contributed by atoms with van der Waals surface area (Å²) < 4.78 is 63.5. The Balaban J connectivity index is 1.01. The molecule has 13 atom stereocenters. The smallest absolute Gasteiger partial charge is 0.271 e. The van der Waals surface area contributed by atoms with Gasteiger partial charge in [0.05, 0.1) is 48.1 Å². The Morgan fingerprint density at radius 2 is 1.72 bits per heavy atom. The first-order valence-corrected chi connectivity index (χ1v) is 18.9. The normalized spacial score (nSPS) is 44.9. The largest absolute Gasteiger partial charge is 0.506 e. The van der Waals surface area contributed by atoms with E-state index in [2.05, 4.69) is 0 Å². The van der Waals surface area contributed by atoms with E-state index < -0.39 is 77.6 Å². The van der Waals surface area contributed by atoms with Crippen molar-refractivity contribution >= 4 is 16.6 Å². The molecule has 5 saturated heterocycles. The maximum atomic E-state index is 13.2. The second kappa shape index (κ2) is 12.2. The molecule has 0 amide bonds. The van der Waals surface area contributed by atoms with Crippen molar-refractivity contribution in [1.82, 2.24) is 0 Å². The third-order valence-electron chi connectivity index (χ3n) is 12.8. The van der Waals surface area contributed by atoms with Gasteiger partial charge >= 0.3 is 0 Å². The molecule has 11 unspecified atom stereocenters. The van der Waals surface area contributed by atoms with Gasteiger partial charge in [0, 0.05) is 49.3 Å². The van der Waals surface area contributed by atoms with Crippen molar-refractivity contribution in [3.05, 3.63) is 28.3 Å². The van der Waals surface area contributed by atoms with Crippen LogP contribution in [-0.2, 0) is 44.3 Å². The molecule has 6 aliphatic heterocycles. The molecule has 1 spiro atoms. The highest BCUT2D eigenvalue weighted by atomic mass is 16.8. The highest BCUT2D eigenvalue weighted by Crippen LogP contribution is 2.67. The number of benzene rings is 2. The quantitative estimate of drug-likeness (QED) is 0.301. The highest BCUT2D eigenvalue weighted by molar-refractivity contribution is 6.11. The molecule has 0 radical (unpaired) electrons. The highest BCUT2D eigenvalue weighted by Gasteiger charge is 2.81. The molecule has 2 aromatic carbocycles. The van der Waals surface area contributed by atoms with Crippen molar-refractivity contribution in [3.8, 4) is 17.2 Å². The minimum atomic E-state index is -1.46. The summed E-state index contributed by atoms with van der Waals surface area (Å²) in [4.78, 5) is 13.2. The average molecular weight is 759 g/mol. The number of ether oxygens (including phenoxy) is 10. The van der Waals surface area contributed by atoms with Gasteiger partial charge in [0.15, 0.2) is 35.9 Å². The summed E-state index contributed by atoms with van der Waals surface area (Å²) in [5.74, 6) is -2.25. The fourth-order valence-corrected chi connectivity index (χ4v) is 10.2. The number of ketones is 1. The molecule has 6 heterocycles. The number of hydrogen-bond donors (Lipinski definition) is 4. The summed E-state index contributed by atoms with van der Waals surface area (Å²) in [6.07, 6.45) is -4.69. The van der Waals surface area contributed by atoms with Crippen molar-refractivity contribution in [2.24, 2.45) is 0 Å². The maximum absolute atomic E-state index is 13.2. The lowest BCUT2D eigenvalue weighted by Crippen LogP contribution is -2.68. The van der Waals surface area contributed by atoms with E-state index in [9.17, 15) is 25.2 Å². The fourth-order valence-electron chi connectivity index (χ4n) is 10.2. The van der Waals surface area contributed by atoms with Crippen LogP contribution in [0.4, 0.5) is 0 Å². The minimum Gasteiger partial charge on any atom is -0.506 e. The third-order valence-corrected chi connectivity index (χ3v) is 12.8. The molecule has 15 heteroatoms. The molecule has 2 aromatic rings. The first kappa shape index (κ1) is 36.9. The Morgan fingerprint density at radius 3 is 2.39 bits per heavy atom. The van der Waals surface area contributed by atoms with E-state index in [1.807, 2.05) is 13.0 Å². The van der Waals surface area contributed by atoms with Crippen LogP contribution in [0.5, 0.6) is 17.2 Å². The number of Topliss-reactive ketones (excluding diaryl/α,β-unsaturated/α-hetero) is 1. The molecule has 2 bridgehead atoms. The first-order valence-electron chi connectivity index (χ1n) is 18.9. The summed E-state index contributed by atoms with van der Waals surface area (Å²) in [5, 5.41) is 45.5. The molecule has 1 aliphatic carbocycles. The Kier molecular flexibility index (Phi) is 8.32. The lowest BCUT2D eigenvalue weighted by atomic mass is 9.78. The molecule has 0 aromatic heterocycles. The molecule has 9 rings (SSSR count). The monoisotopic (exact) mass is 758 g/mol. The van der Waals surface area contributed by atoms with E-state index in [1.54, 1.807) is 27.9 Å². The number of methoxy groups -OCH3 is 2. The SMILES string of the molecule is COc1c2c(c(O)c3c4c(c(C)cc13)C1OC3(COC5CC(C)(O)C(OC6CC(C)(O)C(O)C(C)O6)C(C)O5)C[C@]5(CO5)[C@](OC)(O4)C1O3)C(=O)CCC2. The van der Waals surface area contributed by atoms with Crippen LogP contribution in [0, 0.1) is 6.92 Å². The number of epoxide rings is 1. The second-order valence-electron chi connectivity index (χ2n) is 16.8. The van der Waals surface area contributed by atoms with Gasteiger partial charge in [-0.05, 0) is 59.1 Å². The van der Waals surface area contributed by atoms with Crippen molar-refractivity contribution in [2.45, 2.75) is 151 Å². The number of rotatable bonds is 7. The number of aliphatic hydroxyl groups excluding tert-OH is 1. The van der Waals surface area contributed by atoms with Crippen LogP contribution in [0.3, 0.4) is 0 Å². The van der Waals surface area contributed by atoms with Crippen molar-refractivity contribution < 1.29 is 72.6 Å². The van der Waals surface area contributed by atoms with Crippen molar-refractivity contribution in [3.63, 3.8) is 0 Å². The van der Waals surface area contributed by atoms with Gasteiger partial charge in [-0.2, -0.15) is 0 Å². The fraction of sp³-hybridized carbons (Fsp3) is 0.718. The Bertz CT molecular complexity index is 1890. The number of fused-ring (bicyclic) bond motifs is 7. The summed E-state index contributed by atoms with van der Waals surface area (Å²) in [5.41, 5.74) is -1.44. The second-order valence-corrected chi connectivity index (χ2v) is 16.8. The minimum absolute atomic E-state index is 0.0135. The van der Waals surface area contributed by atoms with Crippen LogP contribution in [0.1, 0.15) is 93.0 Å². The molecular formula is C39H50O15. The number of phenols is 1. The Morgan fingerprint density at radius 1 is 1.00 bits per heavy atom. The van der Waals surface area contributed by atoms with E-state index in [0.29, 0.717) is 52.7 Å². The van der Waals surface area contributed by atoms with E-state index in [1.165, 1.54) is 14.0 Å². The van der Waals surface area contributed by atoms with E-state index in [0.717, 1.165) is 5.56 Å². The summed E-state index contributed by atoms with van der Waals surface area (Å²) in [7, 11) is 3.09. The molecule has 0 saturated carbocycles. The van der Waals surface area contributed by atoms with Crippen molar-refractivity contribution in [2.75, 3.05) is 27.4 Å². The van der Waals surface area contributed by atoms with Gasteiger partial charge in [-0.25, -0.2) is 0 Å². The van der Waals surface area contributed by atoms with E-state index >= 15 is 0 Å². The summed E-state index contributed by atoms with van der Waals surface area (Å²) >= 11 is 0. The van der Waals surface area contributed by atoms with Gasteiger partial charge in [0.25, 0.3) is 5.79 Å². The number of aromatic hydroxyl groups is 1. The van der Waals surface area contributed by atoms with Gasteiger partial charge in [-0.15, -0.1) is 0 Å². The number of hydrogen-bond acceptors (Lipinski definition) is 15. The zero-order valence-corrected chi connectivity index (χ0v) is 31.6. The van der Waals surface area contributed by atoms with Gasteiger partial charge < -0.3 is 67.8 Å². The van der Waals surface area contributed by atoms with Crippen LogP contribution < -0.4 is 9.47 Å². The van der Waals surface area contributed by atoms with Gasteiger partial charge in [-0.3, -0.25) is 4.79 Å². The predicted molar refractivity (Wildman–Crippen MR) is 185 cm³/mol. The van der Waals surface area contributed by atoms with Crippen LogP contribution in [0.25, 0.3) is 10.8 Å². The zero-order valence-electron chi connectivity index (χ0n) is 31.6. The summed E-state index contributed by atoms with van der Waals surface area (Å²) in [6.45, 7) is 8.72. The first-order chi connectivity index (χ1) is 25.5. The molecular weight excluding hydrogens is 708 g/mol. The summed E-state index contributed by atoms with van der Waals surface area (Å²) in [6, 6.07) is 1.92. The maximum Gasteiger partial charge on any atom is 0.271 e. The van der Waals surface area contributed by atoms with Gasteiger partial charge in [0.1, 0.15) is 42.2 Å². The predicted octanol–water partition coefficient (Wildman–Crippen LogP) is 2.98. The average Bonchev–Trinajstić information content (AvgIpc) is 3.78. The van der Waals surface area contributed by atoms with Crippen LogP contribution in [0.2, 0.25) is 0 Å². The lowest BCUT2D eigenvalue weighted by Gasteiger charge is -2.50. The molecule has 7 aliphatic rings. The standard InChI is InChI=1S/C39H50O15/c1-17-11-21-27(28(41)26-20(29(21)45-6)9-8-10-22(26)40)30-25(17)31-34-39(46-7,53-30)37(15-48-37)14-38(52-31,54-34)16-47-23-12-36(5,44)33(19(3)50-23)51-24-13-35(4,43)32(42)18(2)49-24/h11,18-19,23-24,31-34,41-44H,8-10,12-16H2,1-7H3/t18?,19?,23?,24?,31?,32?,33?,34?,35?,36?,37-,38?,39+/m0/s1. The molecule has 296 valence electrons. The van der Waals surface area contributed by atoms with Crippen LogP contribution >= 0.6 is 0 Å². The van der Waals surface area contributed by atoms with E-state index in [4.69, 9.17) is 47.4 Å². The van der Waals surface area contributed by atoms with Crippen molar-refractivity contribution in [1.29, 1.82) is 0 Å².